The summed E-state index contributed by atoms with van der Waals surface area (Å²) < 4.78 is 1.90. The van der Waals surface area contributed by atoms with E-state index < -0.39 is 5.97 Å². The van der Waals surface area contributed by atoms with Crippen molar-refractivity contribution >= 4 is 11.9 Å². The zero-order valence-electron chi connectivity index (χ0n) is 9.44. The average Bonchev–Trinajstić information content (AvgIpc) is 2.55. The van der Waals surface area contributed by atoms with Gasteiger partial charge >= 0.3 is 5.97 Å². The molecule has 1 heterocycles. The first-order chi connectivity index (χ1) is 7.61. The number of hydrogen-bond donors (Lipinski definition) is 2. The van der Waals surface area contributed by atoms with Gasteiger partial charge in [-0.15, -0.1) is 0 Å². The molecule has 0 radical (unpaired) electrons. The summed E-state index contributed by atoms with van der Waals surface area (Å²) >= 11 is 0. The molecule has 0 bridgehead atoms. The van der Waals surface area contributed by atoms with Gasteiger partial charge in [0.15, 0.2) is 0 Å². The lowest BCUT2D eigenvalue weighted by Crippen LogP contribution is -2.38. The summed E-state index contributed by atoms with van der Waals surface area (Å²) in [5, 5.41) is 12.1. The van der Waals surface area contributed by atoms with Gasteiger partial charge < -0.3 is 15.0 Å². The van der Waals surface area contributed by atoms with Gasteiger partial charge in [-0.3, -0.25) is 4.79 Å². The van der Waals surface area contributed by atoms with Gasteiger partial charge in [-0.2, -0.15) is 0 Å². The van der Waals surface area contributed by atoms with Crippen molar-refractivity contribution in [3.8, 4) is 0 Å². The molecule has 0 aliphatic heterocycles. The van der Waals surface area contributed by atoms with E-state index in [4.69, 9.17) is 5.11 Å². The summed E-state index contributed by atoms with van der Waals surface area (Å²) in [6.45, 7) is 0.699. The maximum atomic E-state index is 10.8. The topological polar surface area (TPSA) is 67.2 Å². The van der Waals surface area contributed by atoms with Crippen LogP contribution in [0.5, 0.6) is 0 Å². The molecule has 0 spiro atoms. The van der Waals surface area contributed by atoms with Crippen LogP contribution in [0.2, 0.25) is 0 Å². The van der Waals surface area contributed by atoms with Crippen LogP contribution in [0.15, 0.2) is 12.4 Å². The minimum absolute atomic E-state index is 0.0578. The predicted octanol–water partition coefficient (Wildman–Crippen LogP) is 1.48. The molecule has 2 rings (SSSR count). The summed E-state index contributed by atoms with van der Waals surface area (Å²) in [4.78, 5) is 14.9. The number of imidazole rings is 1. The number of anilines is 1. The van der Waals surface area contributed by atoms with Crippen molar-refractivity contribution in [3.63, 3.8) is 0 Å². The SMILES string of the molecule is Cn1ccnc1NCC1(CC(=O)O)CCC1. The molecule has 5 nitrogen and oxygen atoms in total. The van der Waals surface area contributed by atoms with Gasteiger partial charge in [0, 0.05) is 26.0 Å². The highest BCUT2D eigenvalue weighted by molar-refractivity contribution is 5.68. The van der Waals surface area contributed by atoms with Crippen molar-refractivity contribution in [2.24, 2.45) is 12.5 Å². The van der Waals surface area contributed by atoms with Gasteiger partial charge in [0.05, 0.1) is 6.42 Å². The van der Waals surface area contributed by atoms with Crippen molar-refractivity contribution in [1.29, 1.82) is 0 Å². The summed E-state index contributed by atoms with van der Waals surface area (Å²) in [6.07, 6.45) is 6.98. The maximum absolute atomic E-state index is 10.8. The van der Waals surface area contributed by atoms with Gasteiger partial charge in [0.1, 0.15) is 0 Å². The monoisotopic (exact) mass is 223 g/mol. The van der Waals surface area contributed by atoms with Gasteiger partial charge in [0.25, 0.3) is 0 Å². The van der Waals surface area contributed by atoms with Crippen LogP contribution >= 0.6 is 0 Å². The quantitative estimate of drug-likeness (QED) is 0.793. The third-order valence-electron chi connectivity index (χ3n) is 3.38. The Bertz CT molecular complexity index is 382. The number of carboxylic acids is 1. The molecule has 1 aliphatic rings. The van der Waals surface area contributed by atoms with Crippen molar-refractivity contribution < 1.29 is 9.90 Å². The highest BCUT2D eigenvalue weighted by Gasteiger charge is 2.38. The second-order valence-corrected chi connectivity index (χ2v) is 4.64. The maximum Gasteiger partial charge on any atom is 0.303 e. The van der Waals surface area contributed by atoms with Crippen LogP contribution in [0.25, 0.3) is 0 Å². The Morgan fingerprint density at radius 1 is 1.69 bits per heavy atom. The fraction of sp³-hybridized carbons (Fsp3) is 0.636. The van der Waals surface area contributed by atoms with Gasteiger partial charge in [-0.25, -0.2) is 4.98 Å². The molecule has 88 valence electrons. The third kappa shape index (κ3) is 2.18. The Morgan fingerprint density at radius 2 is 2.44 bits per heavy atom. The highest BCUT2D eigenvalue weighted by atomic mass is 16.4. The number of nitrogens with one attached hydrogen (secondary N) is 1. The molecule has 1 aromatic heterocycles. The van der Waals surface area contributed by atoms with Crippen molar-refractivity contribution in [1.82, 2.24) is 9.55 Å². The first-order valence-electron chi connectivity index (χ1n) is 5.54. The van der Waals surface area contributed by atoms with Gasteiger partial charge in [0.2, 0.25) is 5.95 Å². The van der Waals surface area contributed by atoms with E-state index in [-0.39, 0.29) is 11.8 Å². The molecule has 1 saturated carbocycles. The second kappa shape index (κ2) is 4.15. The van der Waals surface area contributed by atoms with Crippen molar-refractivity contribution in [2.45, 2.75) is 25.7 Å². The van der Waals surface area contributed by atoms with Crippen LogP contribution in [-0.4, -0.2) is 27.2 Å². The molecule has 1 aliphatic carbocycles. The third-order valence-corrected chi connectivity index (χ3v) is 3.38. The molecular formula is C11H17N3O2. The number of aromatic nitrogens is 2. The van der Waals surface area contributed by atoms with E-state index in [1.165, 1.54) is 0 Å². The number of carbonyl (C=O) groups is 1. The number of rotatable bonds is 5. The van der Waals surface area contributed by atoms with Crippen LogP contribution in [0.1, 0.15) is 25.7 Å². The molecular weight excluding hydrogens is 206 g/mol. The van der Waals surface area contributed by atoms with Crippen molar-refractivity contribution in [2.75, 3.05) is 11.9 Å². The molecule has 0 saturated heterocycles. The van der Waals surface area contributed by atoms with Gasteiger partial charge in [-0.05, 0) is 18.3 Å². The van der Waals surface area contributed by atoms with E-state index in [1.807, 2.05) is 17.8 Å². The van der Waals surface area contributed by atoms with E-state index in [9.17, 15) is 4.79 Å². The molecule has 16 heavy (non-hydrogen) atoms. The molecule has 0 atom stereocenters. The minimum atomic E-state index is -0.707. The molecule has 0 aromatic carbocycles. The average molecular weight is 223 g/mol. The fourth-order valence-electron chi connectivity index (χ4n) is 2.22. The first-order valence-corrected chi connectivity index (χ1v) is 5.54. The number of hydrogen-bond acceptors (Lipinski definition) is 3. The predicted molar refractivity (Wildman–Crippen MR) is 60.2 cm³/mol. The number of aliphatic carboxylic acids is 1. The smallest absolute Gasteiger partial charge is 0.303 e. The van der Waals surface area contributed by atoms with Crippen LogP contribution in [0, 0.1) is 5.41 Å². The standard InChI is InChI=1S/C11H17N3O2/c1-14-6-5-12-10(14)13-8-11(3-2-4-11)7-9(15)16/h5-6H,2-4,7-8H2,1H3,(H,12,13)(H,15,16). The first kappa shape index (κ1) is 11.0. The van der Waals surface area contributed by atoms with E-state index in [0.717, 1.165) is 25.2 Å². The Hall–Kier alpha value is -1.52. The zero-order chi connectivity index (χ0) is 11.6. The van der Waals surface area contributed by atoms with Crippen LogP contribution in [-0.2, 0) is 11.8 Å². The van der Waals surface area contributed by atoms with Gasteiger partial charge in [-0.1, -0.05) is 6.42 Å². The lowest BCUT2D eigenvalue weighted by atomic mass is 9.66. The number of nitrogens with zero attached hydrogens (tertiary/aromatic N) is 2. The number of carboxylic acid groups (broad SMARTS) is 1. The molecule has 1 aromatic rings. The Balaban J connectivity index is 1.93. The molecule has 0 amide bonds. The Labute approximate surface area is 94.5 Å². The lowest BCUT2D eigenvalue weighted by molar-refractivity contribution is -0.141. The van der Waals surface area contributed by atoms with E-state index in [1.54, 1.807) is 6.20 Å². The summed E-state index contributed by atoms with van der Waals surface area (Å²) in [5.74, 6) is 0.0954. The van der Waals surface area contributed by atoms with Crippen LogP contribution in [0.3, 0.4) is 0 Å². The Morgan fingerprint density at radius 3 is 2.88 bits per heavy atom. The largest absolute Gasteiger partial charge is 0.481 e. The summed E-state index contributed by atoms with van der Waals surface area (Å²) in [6, 6.07) is 0. The normalized spacial score (nSPS) is 17.8. The van der Waals surface area contributed by atoms with E-state index >= 15 is 0 Å². The number of aryl methyl sites for hydroxylation is 1. The minimum Gasteiger partial charge on any atom is -0.481 e. The molecule has 0 unspecified atom stereocenters. The van der Waals surface area contributed by atoms with Crippen LogP contribution in [0.4, 0.5) is 5.95 Å². The lowest BCUT2D eigenvalue weighted by Gasteiger charge is -2.40. The summed E-state index contributed by atoms with van der Waals surface area (Å²) in [7, 11) is 1.92. The molecule has 1 fully saturated rings. The Kier molecular flexibility index (Phi) is 2.85. The summed E-state index contributed by atoms with van der Waals surface area (Å²) in [5.41, 5.74) is -0.0578. The second-order valence-electron chi connectivity index (χ2n) is 4.64. The molecule has 5 heteroatoms. The van der Waals surface area contributed by atoms with Crippen molar-refractivity contribution in [3.05, 3.63) is 12.4 Å². The van der Waals surface area contributed by atoms with E-state index in [2.05, 4.69) is 10.3 Å². The highest BCUT2D eigenvalue weighted by Crippen LogP contribution is 2.43. The fourth-order valence-corrected chi connectivity index (χ4v) is 2.22. The zero-order valence-corrected chi connectivity index (χ0v) is 9.44. The van der Waals surface area contributed by atoms with Crippen LogP contribution < -0.4 is 5.32 Å². The molecule has 2 N–H and O–H groups in total. The van der Waals surface area contributed by atoms with E-state index in [0.29, 0.717) is 6.54 Å².